The van der Waals surface area contributed by atoms with Gasteiger partial charge in [0.05, 0.1) is 26.2 Å². The summed E-state index contributed by atoms with van der Waals surface area (Å²) in [6.45, 7) is 0. The molecule has 3 aromatic carbocycles. The van der Waals surface area contributed by atoms with Gasteiger partial charge in [0.25, 0.3) is 5.69 Å². The average molecular weight is 396 g/mol. The highest BCUT2D eigenvalue weighted by atomic mass is 32.1. The first-order valence-electron chi connectivity index (χ1n) is 9.04. The van der Waals surface area contributed by atoms with Crippen molar-refractivity contribution < 1.29 is 4.92 Å². The Hall–Kier alpha value is -3.84. The summed E-state index contributed by atoms with van der Waals surface area (Å²) in [6.07, 6.45) is 0. The third-order valence-electron chi connectivity index (χ3n) is 5.11. The molecule has 0 fully saturated rings. The monoisotopic (exact) mass is 396 g/mol. The summed E-state index contributed by atoms with van der Waals surface area (Å²) in [7, 11) is 0. The van der Waals surface area contributed by atoms with Crippen LogP contribution in [0.1, 0.15) is 0 Å². The van der Waals surface area contributed by atoms with Crippen LogP contribution in [-0.4, -0.2) is 19.3 Å². The van der Waals surface area contributed by atoms with Gasteiger partial charge in [0.2, 0.25) is 0 Å². The number of nitro benzene ring substituents is 1. The quantitative estimate of drug-likeness (QED) is 0.273. The zero-order chi connectivity index (χ0) is 19.5. The van der Waals surface area contributed by atoms with Crippen LogP contribution in [0.2, 0.25) is 0 Å². The normalized spacial score (nSPS) is 11.7. The van der Waals surface area contributed by atoms with Crippen molar-refractivity contribution in [2.75, 3.05) is 0 Å². The zero-order valence-electron chi connectivity index (χ0n) is 14.9. The van der Waals surface area contributed by atoms with Crippen LogP contribution < -0.4 is 0 Å². The van der Waals surface area contributed by atoms with E-state index in [1.807, 2.05) is 54.6 Å². The number of benzene rings is 3. The van der Waals surface area contributed by atoms with Crippen LogP contribution in [0.4, 0.5) is 5.69 Å². The lowest BCUT2D eigenvalue weighted by molar-refractivity contribution is -0.384. The summed E-state index contributed by atoms with van der Waals surface area (Å²) in [5, 5.41) is 12.1. The summed E-state index contributed by atoms with van der Waals surface area (Å²) in [4.78, 5) is 21.5. The Labute approximate surface area is 167 Å². The fourth-order valence-electron chi connectivity index (χ4n) is 3.84. The molecule has 29 heavy (non-hydrogen) atoms. The van der Waals surface area contributed by atoms with Gasteiger partial charge < -0.3 is 0 Å². The fourth-order valence-corrected chi connectivity index (χ4v) is 5.00. The Balaban J connectivity index is 1.85. The summed E-state index contributed by atoms with van der Waals surface area (Å²) in [6, 6.07) is 22.8. The molecule has 0 aliphatic heterocycles. The number of nitro groups is 1. The van der Waals surface area contributed by atoms with Gasteiger partial charge in [-0.1, -0.05) is 53.8 Å². The minimum absolute atomic E-state index is 0.0580. The molecule has 0 bridgehead atoms. The molecule has 6 aromatic rings. The van der Waals surface area contributed by atoms with E-state index in [0.717, 1.165) is 48.4 Å². The van der Waals surface area contributed by atoms with Crippen molar-refractivity contribution in [1.29, 1.82) is 0 Å². The molecule has 0 radical (unpaired) electrons. The molecule has 0 unspecified atom stereocenters. The number of pyridine rings is 1. The maximum absolute atomic E-state index is 11.4. The van der Waals surface area contributed by atoms with E-state index < -0.39 is 0 Å². The number of fused-ring (bicyclic) bond motifs is 6. The first kappa shape index (κ1) is 16.1. The maximum atomic E-state index is 11.4. The third kappa shape index (κ3) is 2.28. The Morgan fingerprint density at radius 1 is 0.897 bits per heavy atom. The molecule has 0 spiro atoms. The molecule has 3 aromatic heterocycles. The van der Waals surface area contributed by atoms with Crippen molar-refractivity contribution >= 4 is 54.3 Å². The summed E-state index contributed by atoms with van der Waals surface area (Å²) >= 11 is 1.56. The molecule has 3 heterocycles. The molecule has 6 rings (SSSR count). The number of aromatic nitrogens is 3. The van der Waals surface area contributed by atoms with Crippen LogP contribution in [0.25, 0.3) is 48.4 Å². The lowest BCUT2D eigenvalue weighted by atomic mass is 10.0. The molecule has 138 valence electrons. The van der Waals surface area contributed by atoms with Gasteiger partial charge in [0, 0.05) is 23.1 Å². The van der Waals surface area contributed by atoms with Gasteiger partial charge in [0.15, 0.2) is 10.6 Å². The van der Waals surface area contributed by atoms with Crippen molar-refractivity contribution in [3.63, 3.8) is 0 Å². The molecule has 7 heteroatoms. The molecular weight excluding hydrogens is 384 g/mol. The highest BCUT2D eigenvalue weighted by Crippen LogP contribution is 2.41. The minimum atomic E-state index is -0.368. The van der Waals surface area contributed by atoms with Gasteiger partial charge in [-0.15, -0.1) is 0 Å². The topological polar surface area (TPSA) is 73.3 Å². The van der Waals surface area contributed by atoms with Crippen LogP contribution >= 0.6 is 11.3 Å². The second-order valence-electron chi connectivity index (χ2n) is 6.78. The fraction of sp³-hybridized carbons (Fsp3) is 0. The Morgan fingerprint density at radius 3 is 2.52 bits per heavy atom. The number of hydrogen-bond donors (Lipinski definition) is 0. The predicted octanol–water partition coefficient (Wildman–Crippen LogP) is 5.83. The predicted molar refractivity (Wildman–Crippen MR) is 115 cm³/mol. The van der Waals surface area contributed by atoms with Gasteiger partial charge in [-0.3, -0.25) is 14.5 Å². The number of hydrogen-bond acceptors (Lipinski definition) is 5. The number of thiazole rings is 1. The van der Waals surface area contributed by atoms with Crippen molar-refractivity contribution in [2.45, 2.75) is 0 Å². The molecule has 0 atom stereocenters. The van der Waals surface area contributed by atoms with Crippen molar-refractivity contribution in [2.24, 2.45) is 0 Å². The van der Waals surface area contributed by atoms with E-state index in [1.165, 1.54) is 6.07 Å². The van der Waals surface area contributed by atoms with Gasteiger partial charge in [-0.25, -0.2) is 9.97 Å². The standard InChI is InChI=1S/C22H12N4O2S/c27-26(28)14-10-11-16-15(12-14)19(13-6-2-1-3-7-13)20-21(23-16)25-18-9-5-4-8-17(18)24-22(25)29-20/h1-12H. The second kappa shape index (κ2) is 5.83. The Bertz CT molecular complexity index is 1580. The average Bonchev–Trinajstić information content (AvgIpc) is 3.28. The van der Waals surface area contributed by atoms with Crippen molar-refractivity contribution in [3.8, 4) is 11.1 Å². The van der Waals surface area contributed by atoms with E-state index >= 15 is 0 Å². The summed E-state index contributed by atoms with van der Waals surface area (Å²) < 4.78 is 3.04. The summed E-state index contributed by atoms with van der Waals surface area (Å²) in [5.41, 5.74) is 5.48. The highest BCUT2D eigenvalue weighted by Gasteiger charge is 2.20. The molecule has 0 saturated heterocycles. The van der Waals surface area contributed by atoms with E-state index in [1.54, 1.807) is 23.5 Å². The zero-order valence-corrected chi connectivity index (χ0v) is 15.8. The number of nitrogens with zero attached hydrogens (tertiary/aromatic N) is 4. The van der Waals surface area contributed by atoms with Gasteiger partial charge in [-0.2, -0.15) is 0 Å². The highest BCUT2D eigenvalue weighted by molar-refractivity contribution is 7.24. The van der Waals surface area contributed by atoms with Crippen LogP contribution in [0.3, 0.4) is 0 Å². The van der Waals surface area contributed by atoms with Crippen molar-refractivity contribution in [1.82, 2.24) is 14.4 Å². The lowest BCUT2D eigenvalue weighted by Crippen LogP contribution is -1.93. The minimum Gasteiger partial charge on any atom is -0.267 e. The van der Waals surface area contributed by atoms with E-state index in [0.29, 0.717) is 0 Å². The molecule has 0 aliphatic rings. The second-order valence-corrected chi connectivity index (χ2v) is 7.76. The Kier molecular flexibility index (Phi) is 3.24. The number of non-ortho nitro benzene ring substituents is 1. The SMILES string of the molecule is O=[N+]([O-])c1ccc2nc3c(sc4nc5ccccc5n43)c(-c3ccccc3)c2c1. The van der Waals surface area contributed by atoms with E-state index in [-0.39, 0.29) is 10.6 Å². The van der Waals surface area contributed by atoms with Gasteiger partial charge in [0.1, 0.15) is 0 Å². The molecule has 0 saturated carbocycles. The van der Waals surface area contributed by atoms with E-state index in [2.05, 4.69) is 4.40 Å². The van der Waals surface area contributed by atoms with Gasteiger partial charge >= 0.3 is 0 Å². The number of rotatable bonds is 2. The van der Waals surface area contributed by atoms with Gasteiger partial charge in [-0.05, 0) is 23.8 Å². The molecular formula is C22H12N4O2S. The first-order chi connectivity index (χ1) is 14.2. The first-order valence-corrected chi connectivity index (χ1v) is 9.85. The molecule has 0 amide bonds. The van der Waals surface area contributed by atoms with Crippen molar-refractivity contribution in [3.05, 3.63) is 82.9 Å². The van der Waals surface area contributed by atoms with E-state index in [9.17, 15) is 10.1 Å². The smallest absolute Gasteiger partial charge is 0.267 e. The molecule has 0 N–H and O–H groups in total. The Morgan fingerprint density at radius 2 is 1.69 bits per heavy atom. The lowest BCUT2D eigenvalue weighted by Gasteiger charge is -2.08. The number of imidazole rings is 1. The summed E-state index contributed by atoms with van der Waals surface area (Å²) in [5.74, 6) is 0. The van der Waals surface area contributed by atoms with E-state index in [4.69, 9.17) is 9.97 Å². The molecule has 6 nitrogen and oxygen atoms in total. The van der Waals surface area contributed by atoms with Crippen LogP contribution in [0.5, 0.6) is 0 Å². The molecule has 0 aliphatic carbocycles. The maximum Gasteiger partial charge on any atom is 0.270 e. The van der Waals surface area contributed by atoms with Crippen LogP contribution in [0, 0.1) is 10.1 Å². The van der Waals surface area contributed by atoms with Crippen LogP contribution in [-0.2, 0) is 0 Å². The number of para-hydroxylation sites is 2. The van der Waals surface area contributed by atoms with Crippen LogP contribution in [0.15, 0.2) is 72.8 Å². The third-order valence-corrected chi connectivity index (χ3v) is 6.16. The largest absolute Gasteiger partial charge is 0.270 e.